The van der Waals surface area contributed by atoms with Crippen molar-refractivity contribution in [2.24, 2.45) is 0 Å². The third-order valence-corrected chi connectivity index (χ3v) is 13.0. The maximum Gasteiger partial charge on any atom is 0.306 e. The molecule has 0 aromatic heterocycles. The molecule has 0 spiro atoms. The smallest absolute Gasteiger partial charge is 0.306 e. The van der Waals surface area contributed by atoms with Crippen molar-refractivity contribution in [3.8, 4) is 0 Å². The second-order valence-electron chi connectivity index (χ2n) is 19.6. The van der Waals surface area contributed by atoms with Gasteiger partial charge in [-0.25, -0.2) is 0 Å². The molecule has 1 atom stereocenters. The zero-order valence-corrected chi connectivity index (χ0v) is 43.3. The third-order valence-electron chi connectivity index (χ3n) is 13.0. The molecule has 0 fully saturated rings. The van der Waals surface area contributed by atoms with Crippen LogP contribution >= 0.6 is 0 Å². The molecule has 0 rings (SSSR count). The maximum absolute atomic E-state index is 12.8. The van der Waals surface area contributed by atoms with E-state index in [0.717, 1.165) is 64.2 Å². The molecule has 64 heavy (non-hydrogen) atoms. The number of carbonyl (C=O) groups excluding carboxylic acids is 3. The second kappa shape index (κ2) is 53.8. The minimum Gasteiger partial charge on any atom is -0.462 e. The van der Waals surface area contributed by atoms with Gasteiger partial charge in [0.1, 0.15) is 13.2 Å². The fourth-order valence-corrected chi connectivity index (χ4v) is 8.68. The first kappa shape index (κ1) is 62.1. The molecule has 0 saturated carbocycles. The Hall–Kier alpha value is -1.85. The Bertz CT molecular complexity index is 993. The van der Waals surface area contributed by atoms with Crippen molar-refractivity contribution in [1.29, 1.82) is 0 Å². The highest BCUT2D eigenvalue weighted by Gasteiger charge is 2.19. The highest BCUT2D eigenvalue weighted by atomic mass is 16.6. The number of rotatable bonds is 53. The number of unbranched alkanes of at least 4 members (excludes halogenated alkanes) is 40. The van der Waals surface area contributed by atoms with E-state index in [-0.39, 0.29) is 31.1 Å². The van der Waals surface area contributed by atoms with Crippen molar-refractivity contribution in [2.45, 2.75) is 329 Å². The fraction of sp³-hybridized carbons (Fsp3) is 0.914. The van der Waals surface area contributed by atoms with Gasteiger partial charge < -0.3 is 14.2 Å². The Kier molecular flexibility index (Phi) is 52.2. The number of carbonyl (C=O) groups is 3. The van der Waals surface area contributed by atoms with E-state index in [1.165, 1.54) is 218 Å². The average molecular weight is 904 g/mol. The minimum atomic E-state index is -0.768. The van der Waals surface area contributed by atoms with Gasteiger partial charge in [0, 0.05) is 19.3 Å². The molecule has 6 nitrogen and oxygen atoms in total. The molecule has 6 heteroatoms. The van der Waals surface area contributed by atoms with Crippen molar-refractivity contribution in [3.05, 3.63) is 12.2 Å². The van der Waals surface area contributed by atoms with Gasteiger partial charge in [0.05, 0.1) is 0 Å². The van der Waals surface area contributed by atoms with Crippen LogP contribution in [0.2, 0.25) is 0 Å². The van der Waals surface area contributed by atoms with E-state index in [4.69, 9.17) is 14.2 Å². The Balaban J connectivity index is 4.28. The van der Waals surface area contributed by atoms with Crippen LogP contribution in [0, 0.1) is 0 Å². The highest BCUT2D eigenvalue weighted by Crippen LogP contribution is 2.17. The molecule has 0 heterocycles. The predicted octanol–water partition coefficient (Wildman–Crippen LogP) is 18.9. The van der Waals surface area contributed by atoms with Crippen LogP contribution in [0.4, 0.5) is 0 Å². The summed E-state index contributed by atoms with van der Waals surface area (Å²) in [6.45, 7) is 6.68. The molecule has 0 amide bonds. The van der Waals surface area contributed by atoms with Gasteiger partial charge in [0.25, 0.3) is 0 Å². The zero-order chi connectivity index (χ0) is 46.5. The van der Waals surface area contributed by atoms with Crippen LogP contribution in [-0.4, -0.2) is 37.2 Å². The molecule has 0 aliphatic carbocycles. The number of ether oxygens (including phenoxy) is 3. The first-order valence-corrected chi connectivity index (χ1v) is 28.7. The number of hydrogen-bond donors (Lipinski definition) is 0. The normalized spacial score (nSPS) is 12.0. The summed E-state index contributed by atoms with van der Waals surface area (Å²) in [4.78, 5) is 38.1. The van der Waals surface area contributed by atoms with Crippen LogP contribution in [0.5, 0.6) is 0 Å². The molecule has 0 aromatic carbocycles. The Morgan fingerprint density at radius 1 is 0.297 bits per heavy atom. The Morgan fingerprint density at radius 2 is 0.516 bits per heavy atom. The van der Waals surface area contributed by atoms with Gasteiger partial charge in [-0.1, -0.05) is 270 Å². The molecule has 0 aliphatic heterocycles. The molecule has 0 bridgehead atoms. The first-order chi connectivity index (χ1) is 31.5. The monoisotopic (exact) mass is 903 g/mol. The first-order valence-electron chi connectivity index (χ1n) is 28.7. The maximum atomic E-state index is 12.8. The molecular formula is C58H110O6. The SMILES string of the molecule is CCCCCCCC/C=C\CCCCCCCC(=O)O[C@H](COC(=O)CCCCCCCCCCCCCC)COC(=O)CCCCCCCCCCCCCCCCCCCCC. The Labute approximate surface area is 399 Å². The summed E-state index contributed by atoms with van der Waals surface area (Å²) in [7, 11) is 0. The van der Waals surface area contributed by atoms with Gasteiger partial charge >= 0.3 is 17.9 Å². The van der Waals surface area contributed by atoms with E-state index in [2.05, 4.69) is 32.9 Å². The van der Waals surface area contributed by atoms with Crippen molar-refractivity contribution in [1.82, 2.24) is 0 Å². The largest absolute Gasteiger partial charge is 0.462 e. The van der Waals surface area contributed by atoms with Crippen LogP contribution < -0.4 is 0 Å². The summed E-state index contributed by atoms with van der Waals surface area (Å²) in [5.74, 6) is -0.853. The van der Waals surface area contributed by atoms with E-state index in [9.17, 15) is 14.4 Å². The van der Waals surface area contributed by atoms with E-state index in [0.29, 0.717) is 19.3 Å². The molecule has 0 aliphatic rings. The van der Waals surface area contributed by atoms with Crippen molar-refractivity contribution >= 4 is 17.9 Å². The van der Waals surface area contributed by atoms with Gasteiger partial charge in [0.2, 0.25) is 0 Å². The third kappa shape index (κ3) is 51.1. The lowest BCUT2D eigenvalue weighted by Crippen LogP contribution is -2.30. The van der Waals surface area contributed by atoms with Gasteiger partial charge in [-0.3, -0.25) is 14.4 Å². The number of allylic oxidation sites excluding steroid dienone is 2. The Morgan fingerprint density at radius 3 is 0.781 bits per heavy atom. The van der Waals surface area contributed by atoms with Gasteiger partial charge in [-0.05, 0) is 44.9 Å². The summed E-state index contributed by atoms with van der Waals surface area (Å²) in [6, 6.07) is 0. The van der Waals surface area contributed by atoms with Gasteiger partial charge in [-0.15, -0.1) is 0 Å². The summed E-state index contributed by atoms with van der Waals surface area (Å²) in [6.07, 6.45) is 60.6. The lowest BCUT2D eigenvalue weighted by atomic mass is 10.0. The average Bonchev–Trinajstić information content (AvgIpc) is 3.29. The predicted molar refractivity (Wildman–Crippen MR) is 275 cm³/mol. The molecule has 0 saturated heterocycles. The molecule has 0 N–H and O–H groups in total. The summed E-state index contributed by atoms with van der Waals surface area (Å²) >= 11 is 0. The standard InChI is InChI=1S/C58H110O6/c1-4-7-10-13-16-19-22-25-27-28-29-30-32-33-36-39-42-45-48-51-57(60)63-54-55(53-62-56(59)50-47-44-41-38-35-24-21-18-15-12-9-6-3)64-58(61)52-49-46-43-40-37-34-31-26-23-20-17-14-11-8-5-2/h26,31,55H,4-25,27-30,32-54H2,1-3H3/b31-26-/t55-/m1/s1. The quantitative estimate of drug-likeness (QED) is 0.0262. The fourth-order valence-electron chi connectivity index (χ4n) is 8.68. The lowest BCUT2D eigenvalue weighted by Gasteiger charge is -2.18. The molecular weight excluding hydrogens is 793 g/mol. The van der Waals surface area contributed by atoms with Crippen molar-refractivity contribution in [2.75, 3.05) is 13.2 Å². The zero-order valence-electron chi connectivity index (χ0n) is 43.3. The highest BCUT2D eigenvalue weighted by molar-refractivity contribution is 5.71. The molecule has 378 valence electrons. The van der Waals surface area contributed by atoms with Crippen LogP contribution in [0.15, 0.2) is 12.2 Å². The van der Waals surface area contributed by atoms with E-state index < -0.39 is 6.10 Å². The summed E-state index contributed by atoms with van der Waals surface area (Å²) in [5.41, 5.74) is 0. The summed E-state index contributed by atoms with van der Waals surface area (Å²) in [5, 5.41) is 0. The van der Waals surface area contributed by atoms with Crippen LogP contribution in [0.1, 0.15) is 323 Å². The second-order valence-corrected chi connectivity index (χ2v) is 19.6. The summed E-state index contributed by atoms with van der Waals surface area (Å²) < 4.78 is 16.9. The van der Waals surface area contributed by atoms with Crippen LogP contribution in [-0.2, 0) is 28.6 Å². The van der Waals surface area contributed by atoms with Gasteiger partial charge in [-0.2, -0.15) is 0 Å². The van der Waals surface area contributed by atoms with E-state index >= 15 is 0 Å². The topological polar surface area (TPSA) is 78.9 Å². The van der Waals surface area contributed by atoms with Crippen molar-refractivity contribution in [3.63, 3.8) is 0 Å². The van der Waals surface area contributed by atoms with Gasteiger partial charge in [0.15, 0.2) is 6.10 Å². The molecule has 0 aromatic rings. The molecule has 0 unspecified atom stereocenters. The van der Waals surface area contributed by atoms with Crippen LogP contribution in [0.25, 0.3) is 0 Å². The number of esters is 3. The number of hydrogen-bond acceptors (Lipinski definition) is 6. The van der Waals surface area contributed by atoms with E-state index in [1.807, 2.05) is 0 Å². The van der Waals surface area contributed by atoms with Crippen molar-refractivity contribution < 1.29 is 28.6 Å². The van der Waals surface area contributed by atoms with Crippen LogP contribution in [0.3, 0.4) is 0 Å². The lowest BCUT2D eigenvalue weighted by molar-refractivity contribution is -0.167. The van der Waals surface area contributed by atoms with E-state index in [1.54, 1.807) is 0 Å². The molecule has 0 radical (unpaired) electrons. The minimum absolute atomic E-state index is 0.0675.